The fourth-order valence-corrected chi connectivity index (χ4v) is 4.11. The van der Waals surface area contributed by atoms with Gasteiger partial charge < -0.3 is 10.3 Å². The molecule has 26 heavy (non-hydrogen) atoms. The van der Waals surface area contributed by atoms with E-state index in [1.54, 1.807) is 23.1 Å². The minimum Gasteiger partial charge on any atom is -0.346 e. The quantitative estimate of drug-likeness (QED) is 0.511. The molecule has 4 aromatic rings. The van der Waals surface area contributed by atoms with Gasteiger partial charge >= 0.3 is 0 Å². The number of rotatable bonds is 7. The number of hydrogen-bond donors (Lipinski definition) is 2. The van der Waals surface area contributed by atoms with Crippen molar-refractivity contribution in [3.8, 4) is 0 Å². The summed E-state index contributed by atoms with van der Waals surface area (Å²) < 4.78 is 1.94. The SMILES string of the molecule is CSCCC(NC(=O)Cc1cn2ccsc2n1)c1nc2ccccc2[nH]1. The third kappa shape index (κ3) is 3.61. The Morgan fingerprint density at radius 1 is 1.38 bits per heavy atom. The molecule has 0 saturated heterocycles. The van der Waals surface area contributed by atoms with Gasteiger partial charge in [-0.2, -0.15) is 11.8 Å². The van der Waals surface area contributed by atoms with E-state index in [-0.39, 0.29) is 18.4 Å². The number of amides is 1. The van der Waals surface area contributed by atoms with Crippen LogP contribution < -0.4 is 5.32 Å². The highest BCUT2D eigenvalue weighted by molar-refractivity contribution is 7.98. The van der Waals surface area contributed by atoms with Crippen LogP contribution in [0.1, 0.15) is 24.0 Å². The Bertz CT molecular complexity index is 973. The van der Waals surface area contributed by atoms with Crippen LogP contribution in [-0.4, -0.2) is 37.3 Å². The lowest BCUT2D eigenvalue weighted by molar-refractivity contribution is -0.121. The largest absolute Gasteiger partial charge is 0.346 e. The van der Waals surface area contributed by atoms with Crippen molar-refractivity contribution in [2.75, 3.05) is 12.0 Å². The van der Waals surface area contributed by atoms with Gasteiger partial charge in [0.1, 0.15) is 5.82 Å². The molecule has 0 radical (unpaired) electrons. The summed E-state index contributed by atoms with van der Waals surface area (Å²) in [6, 6.07) is 7.78. The minimum absolute atomic E-state index is 0.0395. The molecule has 0 spiro atoms. The Morgan fingerprint density at radius 3 is 3.08 bits per heavy atom. The number of H-pyrrole nitrogens is 1. The standard InChI is InChI=1S/C18H19N5OS2/c1-25-8-6-15(17-21-13-4-2-3-5-14(13)22-17)20-16(24)10-12-11-23-7-9-26-18(23)19-12/h2-5,7,9,11,15H,6,8,10H2,1H3,(H,20,24)(H,21,22). The molecule has 0 aliphatic heterocycles. The number of aromatic nitrogens is 4. The first-order valence-corrected chi connectivity index (χ1v) is 10.6. The van der Waals surface area contributed by atoms with Crippen LogP contribution >= 0.6 is 23.1 Å². The molecule has 0 bridgehead atoms. The molecule has 1 unspecified atom stereocenters. The second kappa shape index (κ2) is 7.51. The lowest BCUT2D eigenvalue weighted by Crippen LogP contribution is -2.31. The summed E-state index contributed by atoms with van der Waals surface area (Å²) in [5.41, 5.74) is 2.68. The number of benzene rings is 1. The summed E-state index contributed by atoms with van der Waals surface area (Å²) in [6.07, 6.45) is 7.01. The van der Waals surface area contributed by atoms with Crippen molar-refractivity contribution in [1.82, 2.24) is 24.7 Å². The summed E-state index contributed by atoms with van der Waals surface area (Å²) >= 11 is 3.32. The Labute approximate surface area is 159 Å². The average molecular weight is 386 g/mol. The third-order valence-electron chi connectivity index (χ3n) is 4.17. The van der Waals surface area contributed by atoms with Crippen LogP contribution in [0.2, 0.25) is 0 Å². The minimum atomic E-state index is -0.133. The van der Waals surface area contributed by atoms with Crippen molar-refractivity contribution in [3.63, 3.8) is 0 Å². The van der Waals surface area contributed by atoms with Crippen molar-refractivity contribution >= 4 is 45.0 Å². The first-order chi connectivity index (χ1) is 12.7. The van der Waals surface area contributed by atoms with Crippen LogP contribution in [0.15, 0.2) is 42.0 Å². The third-order valence-corrected chi connectivity index (χ3v) is 5.58. The van der Waals surface area contributed by atoms with E-state index in [9.17, 15) is 4.79 Å². The smallest absolute Gasteiger partial charge is 0.226 e. The van der Waals surface area contributed by atoms with Crippen LogP contribution in [0.3, 0.4) is 0 Å². The van der Waals surface area contributed by atoms with Crippen LogP contribution in [0, 0.1) is 0 Å². The maximum absolute atomic E-state index is 12.6. The Kier molecular flexibility index (Phi) is 4.94. The molecule has 3 heterocycles. The number of para-hydroxylation sites is 2. The summed E-state index contributed by atoms with van der Waals surface area (Å²) in [5, 5.41) is 5.10. The maximum atomic E-state index is 12.6. The lowest BCUT2D eigenvalue weighted by Gasteiger charge is -2.16. The van der Waals surface area contributed by atoms with Crippen molar-refractivity contribution in [2.45, 2.75) is 18.9 Å². The van der Waals surface area contributed by atoms with Crippen molar-refractivity contribution < 1.29 is 4.79 Å². The second-order valence-corrected chi connectivity index (χ2v) is 7.90. The average Bonchev–Trinajstić information content (AvgIpc) is 3.32. The summed E-state index contributed by atoms with van der Waals surface area (Å²) in [4.78, 5) is 25.9. The summed E-state index contributed by atoms with van der Waals surface area (Å²) in [7, 11) is 0. The number of carbonyl (C=O) groups excluding carboxylic acids is 1. The van der Waals surface area contributed by atoms with Gasteiger partial charge in [-0.25, -0.2) is 9.97 Å². The number of nitrogens with one attached hydrogen (secondary N) is 2. The zero-order valence-corrected chi connectivity index (χ0v) is 15.9. The van der Waals surface area contributed by atoms with Gasteiger partial charge in [-0.1, -0.05) is 12.1 Å². The number of imidazole rings is 2. The van der Waals surface area contributed by atoms with Crippen LogP contribution in [-0.2, 0) is 11.2 Å². The van der Waals surface area contributed by atoms with E-state index in [4.69, 9.17) is 0 Å². The molecule has 6 nitrogen and oxygen atoms in total. The first kappa shape index (κ1) is 17.1. The molecular formula is C18H19N5OS2. The predicted octanol–water partition coefficient (Wildman–Crippen LogP) is 3.43. The molecular weight excluding hydrogens is 366 g/mol. The van der Waals surface area contributed by atoms with Crippen LogP contribution in [0.4, 0.5) is 0 Å². The molecule has 1 aromatic carbocycles. The van der Waals surface area contributed by atoms with Gasteiger partial charge in [0.25, 0.3) is 0 Å². The second-order valence-electron chi connectivity index (χ2n) is 6.04. The highest BCUT2D eigenvalue weighted by Crippen LogP contribution is 2.20. The van der Waals surface area contributed by atoms with E-state index in [1.807, 2.05) is 46.4 Å². The van der Waals surface area contributed by atoms with Gasteiger partial charge in [0.05, 0.1) is 29.2 Å². The topological polar surface area (TPSA) is 75.1 Å². The van der Waals surface area contributed by atoms with Crippen LogP contribution in [0.25, 0.3) is 16.0 Å². The predicted molar refractivity (Wildman–Crippen MR) is 107 cm³/mol. The zero-order chi connectivity index (χ0) is 17.9. The molecule has 1 amide bonds. The van der Waals surface area contributed by atoms with E-state index in [0.717, 1.165) is 39.7 Å². The molecule has 2 N–H and O–H groups in total. The molecule has 134 valence electrons. The fourth-order valence-electron chi connectivity index (χ4n) is 2.92. The zero-order valence-electron chi connectivity index (χ0n) is 14.3. The fraction of sp³-hybridized carbons (Fsp3) is 0.278. The van der Waals surface area contributed by atoms with Crippen molar-refractivity contribution in [3.05, 3.63) is 53.6 Å². The van der Waals surface area contributed by atoms with Crippen molar-refractivity contribution in [1.29, 1.82) is 0 Å². The Hall–Kier alpha value is -2.32. The van der Waals surface area contributed by atoms with Gasteiger partial charge in [0.15, 0.2) is 4.96 Å². The summed E-state index contributed by atoms with van der Waals surface area (Å²) in [5.74, 6) is 1.71. The van der Waals surface area contributed by atoms with Gasteiger partial charge in [-0.15, -0.1) is 11.3 Å². The number of fused-ring (bicyclic) bond motifs is 2. The van der Waals surface area contributed by atoms with E-state index >= 15 is 0 Å². The molecule has 3 aromatic heterocycles. The number of hydrogen-bond acceptors (Lipinski definition) is 5. The molecule has 0 aliphatic rings. The number of aromatic amines is 1. The maximum Gasteiger partial charge on any atom is 0.226 e. The highest BCUT2D eigenvalue weighted by atomic mass is 32.2. The van der Waals surface area contributed by atoms with Crippen molar-refractivity contribution in [2.24, 2.45) is 0 Å². The van der Waals surface area contributed by atoms with Gasteiger partial charge in [0.2, 0.25) is 5.91 Å². The van der Waals surface area contributed by atoms with Crippen LogP contribution in [0.5, 0.6) is 0 Å². The Balaban J connectivity index is 1.50. The van der Waals surface area contributed by atoms with E-state index in [1.165, 1.54) is 0 Å². The van der Waals surface area contributed by atoms with Gasteiger partial charge in [-0.05, 0) is 30.6 Å². The number of carbonyl (C=O) groups is 1. The van der Waals surface area contributed by atoms with Gasteiger partial charge in [-0.3, -0.25) is 9.20 Å². The Morgan fingerprint density at radius 2 is 2.27 bits per heavy atom. The van der Waals surface area contributed by atoms with Gasteiger partial charge in [0, 0.05) is 17.8 Å². The van der Waals surface area contributed by atoms with E-state index < -0.39 is 0 Å². The number of thioether (sulfide) groups is 1. The molecule has 4 rings (SSSR count). The molecule has 8 heteroatoms. The highest BCUT2D eigenvalue weighted by Gasteiger charge is 2.19. The molecule has 1 atom stereocenters. The monoisotopic (exact) mass is 385 g/mol. The molecule has 0 saturated carbocycles. The normalized spacial score (nSPS) is 12.7. The van der Waals surface area contributed by atoms with E-state index in [2.05, 4.69) is 26.5 Å². The molecule has 0 fully saturated rings. The first-order valence-electron chi connectivity index (χ1n) is 8.37. The van der Waals surface area contributed by atoms with E-state index in [0.29, 0.717) is 0 Å². The number of nitrogens with zero attached hydrogens (tertiary/aromatic N) is 3. The number of thiazole rings is 1. The molecule has 0 aliphatic carbocycles. The lowest BCUT2D eigenvalue weighted by atomic mass is 10.2. The summed E-state index contributed by atoms with van der Waals surface area (Å²) in [6.45, 7) is 0.